The lowest BCUT2D eigenvalue weighted by atomic mass is 10.1. The highest BCUT2D eigenvalue weighted by atomic mass is 16.5. The van der Waals surface area contributed by atoms with Crippen LogP contribution in [0.15, 0.2) is 63.8 Å². The Bertz CT molecular complexity index is 1490. The Morgan fingerprint density at radius 1 is 1.08 bits per heavy atom. The molecular weight excluding hydrogens is 494 g/mol. The van der Waals surface area contributed by atoms with Crippen LogP contribution in [0.2, 0.25) is 0 Å². The molecular formula is C25H26N7O6+. The number of aromatic nitrogens is 1. The summed E-state index contributed by atoms with van der Waals surface area (Å²) >= 11 is 0. The van der Waals surface area contributed by atoms with E-state index in [4.69, 9.17) is 9.47 Å². The van der Waals surface area contributed by atoms with Crippen LogP contribution in [-0.2, 0) is 4.79 Å². The van der Waals surface area contributed by atoms with Gasteiger partial charge in [0.25, 0.3) is 5.91 Å². The first kappa shape index (κ1) is 24.9. The van der Waals surface area contributed by atoms with Crippen LogP contribution < -0.4 is 9.47 Å². The molecule has 2 aliphatic heterocycles. The number of fused-ring (bicyclic) bond motifs is 2. The molecule has 0 bridgehead atoms. The first-order valence-electron chi connectivity index (χ1n) is 11.7. The summed E-state index contributed by atoms with van der Waals surface area (Å²) in [6.07, 6.45) is -1.06. The molecule has 13 nitrogen and oxygen atoms in total. The van der Waals surface area contributed by atoms with Crippen molar-refractivity contribution >= 4 is 40.3 Å². The second-order valence-electron chi connectivity index (χ2n) is 8.77. The molecule has 0 spiro atoms. The van der Waals surface area contributed by atoms with E-state index < -0.39 is 24.1 Å². The van der Waals surface area contributed by atoms with Gasteiger partial charge in [0.05, 0.1) is 19.2 Å². The number of imide groups is 1. The third kappa shape index (κ3) is 4.43. The summed E-state index contributed by atoms with van der Waals surface area (Å²) in [6.45, 7) is -0.180. The van der Waals surface area contributed by atoms with E-state index in [1.54, 1.807) is 49.6 Å². The lowest BCUT2D eigenvalue weighted by Gasteiger charge is -2.32. The van der Waals surface area contributed by atoms with Crippen LogP contribution in [0.3, 0.4) is 0 Å². The molecule has 196 valence electrons. The SMILES string of the molecule is COc1ccc(OCC(O)C[N+]2=C(N=Nc3c(O)[nH]c4ccccc34)N=C3C2C(=O)N(C)C(=O)N3C)cc1. The van der Waals surface area contributed by atoms with Gasteiger partial charge in [0.1, 0.15) is 24.2 Å². The number of nitrogens with one attached hydrogen (secondary N) is 1. The van der Waals surface area contributed by atoms with E-state index in [1.165, 1.54) is 23.6 Å². The first-order chi connectivity index (χ1) is 18.3. The number of urea groups is 1. The first-order valence-corrected chi connectivity index (χ1v) is 11.7. The minimum Gasteiger partial charge on any atom is -0.497 e. The summed E-state index contributed by atoms with van der Waals surface area (Å²) in [7, 11) is 4.44. The molecule has 0 aliphatic carbocycles. The van der Waals surface area contributed by atoms with Gasteiger partial charge in [-0.25, -0.2) is 9.37 Å². The number of rotatable bonds is 7. The Hall–Kier alpha value is -4.78. The Morgan fingerprint density at radius 3 is 2.53 bits per heavy atom. The minimum atomic E-state index is -1.06. The van der Waals surface area contributed by atoms with Gasteiger partial charge in [0.15, 0.2) is 5.69 Å². The van der Waals surface area contributed by atoms with Crippen LogP contribution in [-0.4, -0.2) is 99.8 Å². The number of H-pyrrole nitrogens is 1. The molecule has 5 rings (SSSR count). The van der Waals surface area contributed by atoms with Gasteiger partial charge in [-0.15, -0.1) is 0 Å². The van der Waals surface area contributed by atoms with Crippen LogP contribution in [0.1, 0.15) is 0 Å². The second-order valence-corrected chi connectivity index (χ2v) is 8.77. The third-order valence-corrected chi connectivity index (χ3v) is 6.32. The standard InChI is InChI=1S/C25H25N7O6/c1-30-21-20(23(35)31(2)25(30)36)32(12-14(33)13-38-16-10-8-15(37-3)9-11-16)24(27-21)29-28-19-17-6-4-5-7-18(17)26-22(19)34/h4-11,14,20,33H,12-13H2,1-3H3,(H,26,28,34)/p+1. The van der Waals surface area contributed by atoms with E-state index in [0.29, 0.717) is 22.4 Å². The minimum absolute atomic E-state index is 0.00137. The van der Waals surface area contributed by atoms with Gasteiger partial charge >= 0.3 is 12.0 Å². The number of nitrogens with zero attached hydrogens (tertiary/aromatic N) is 6. The topological polar surface area (TPSA) is 155 Å². The van der Waals surface area contributed by atoms with Crippen LogP contribution in [0, 0.1) is 0 Å². The Balaban J connectivity index is 1.44. The monoisotopic (exact) mass is 520 g/mol. The van der Waals surface area contributed by atoms with Gasteiger partial charge in [0.2, 0.25) is 17.8 Å². The van der Waals surface area contributed by atoms with E-state index in [0.717, 1.165) is 4.90 Å². The zero-order valence-electron chi connectivity index (χ0n) is 20.9. The molecule has 3 amide bonds. The maximum atomic E-state index is 13.1. The van der Waals surface area contributed by atoms with Gasteiger partial charge in [-0.1, -0.05) is 23.3 Å². The number of aliphatic imine (C=N–C) groups is 1. The van der Waals surface area contributed by atoms with Crippen LogP contribution in [0.5, 0.6) is 17.4 Å². The molecule has 1 fully saturated rings. The fourth-order valence-corrected chi connectivity index (χ4v) is 4.31. The van der Waals surface area contributed by atoms with Gasteiger partial charge in [-0.2, -0.15) is 0 Å². The number of hydrogen-bond acceptors (Lipinski definition) is 9. The van der Waals surface area contributed by atoms with E-state index in [9.17, 15) is 19.8 Å². The number of aromatic amines is 1. The number of benzene rings is 2. The summed E-state index contributed by atoms with van der Waals surface area (Å²) in [4.78, 5) is 35.1. The van der Waals surface area contributed by atoms with Crippen molar-refractivity contribution in [3.05, 3.63) is 48.5 Å². The van der Waals surface area contributed by atoms with Crippen molar-refractivity contribution in [3.8, 4) is 17.4 Å². The van der Waals surface area contributed by atoms with Crippen molar-refractivity contribution in [1.82, 2.24) is 14.8 Å². The van der Waals surface area contributed by atoms with E-state index in [1.807, 2.05) is 6.07 Å². The number of amides is 3. The van der Waals surface area contributed by atoms with Crippen molar-refractivity contribution < 1.29 is 33.9 Å². The molecule has 1 saturated heterocycles. The maximum absolute atomic E-state index is 13.1. The van der Waals surface area contributed by atoms with Gasteiger partial charge in [0, 0.05) is 24.6 Å². The lowest BCUT2D eigenvalue weighted by molar-refractivity contribution is -0.544. The predicted octanol–water partition coefficient (Wildman–Crippen LogP) is 2.08. The number of carbonyl (C=O) groups excluding carboxylic acids is 2. The zero-order chi connectivity index (χ0) is 27.0. The van der Waals surface area contributed by atoms with E-state index in [-0.39, 0.29) is 36.5 Å². The number of methoxy groups -OCH3 is 1. The van der Waals surface area contributed by atoms with Crippen molar-refractivity contribution in [2.75, 3.05) is 34.4 Å². The summed E-state index contributed by atoms with van der Waals surface area (Å²) in [5.74, 6) is 0.668. The quantitative estimate of drug-likeness (QED) is 0.320. The van der Waals surface area contributed by atoms with Crippen LogP contribution in [0.4, 0.5) is 10.5 Å². The smallest absolute Gasteiger partial charge is 0.453 e. The largest absolute Gasteiger partial charge is 0.497 e. The van der Waals surface area contributed by atoms with Crippen molar-refractivity contribution in [1.29, 1.82) is 0 Å². The Kier molecular flexibility index (Phi) is 6.51. The van der Waals surface area contributed by atoms with Crippen LogP contribution in [0.25, 0.3) is 10.9 Å². The molecule has 2 aliphatic rings. The van der Waals surface area contributed by atoms with Gasteiger partial charge in [-0.3, -0.25) is 14.6 Å². The zero-order valence-corrected chi connectivity index (χ0v) is 20.9. The number of guanidine groups is 1. The fourth-order valence-electron chi connectivity index (χ4n) is 4.31. The highest BCUT2D eigenvalue weighted by molar-refractivity contribution is 6.22. The molecule has 3 heterocycles. The van der Waals surface area contributed by atoms with Gasteiger partial charge in [-0.05, 0) is 35.3 Å². The number of β-amino-alcohol motifs (C(OH)–C–C–N with tert-alkyl or cyclic N) is 1. The molecule has 2 aromatic carbocycles. The molecule has 3 aromatic rings. The number of ether oxygens (including phenoxy) is 2. The average Bonchev–Trinajstić information content (AvgIpc) is 3.45. The average molecular weight is 521 g/mol. The second kappa shape index (κ2) is 9.94. The van der Waals surface area contributed by atoms with Crippen LogP contribution >= 0.6 is 0 Å². The highest BCUT2D eigenvalue weighted by Gasteiger charge is 2.52. The molecule has 13 heteroatoms. The van der Waals surface area contributed by atoms with E-state index in [2.05, 4.69) is 20.2 Å². The summed E-state index contributed by atoms with van der Waals surface area (Å²) < 4.78 is 12.3. The number of para-hydroxylation sites is 1. The molecule has 3 N–H and O–H groups in total. The number of aliphatic hydroxyl groups excluding tert-OH is 1. The van der Waals surface area contributed by atoms with E-state index >= 15 is 0 Å². The third-order valence-electron chi connectivity index (χ3n) is 6.32. The number of aromatic hydroxyl groups is 1. The predicted molar refractivity (Wildman–Crippen MR) is 136 cm³/mol. The summed E-state index contributed by atoms with van der Waals surface area (Å²) in [5.41, 5.74) is 0.861. The number of likely N-dealkylation sites (N-methyl/N-ethyl adjacent to an activating group) is 2. The highest BCUT2D eigenvalue weighted by Crippen LogP contribution is 2.35. The molecule has 2 unspecified atom stereocenters. The normalized spacial score (nSPS) is 18.4. The maximum Gasteiger partial charge on any atom is 0.453 e. The molecule has 1 aromatic heterocycles. The van der Waals surface area contributed by atoms with Crippen molar-refractivity contribution in [2.24, 2.45) is 15.2 Å². The number of aliphatic hydroxyl groups is 1. The molecule has 0 saturated carbocycles. The molecule has 0 radical (unpaired) electrons. The summed E-state index contributed by atoms with van der Waals surface area (Å²) in [6, 6.07) is 12.5. The van der Waals surface area contributed by atoms with Gasteiger partial charge < -0.3 is 24.7 Å². The fraction of sp³-hybridized carbons (Fsp3) is 0.280. The van der Waals surface area contributed by atoms with Crippen molar-refractivity contribution in [2.45, 2.75) is 12.1 Å². The molecule has 38 heavy (non-hydrogen) atoms. The number of azo groups is 1. The Labute approximate surface area is 216 Å². The Morgan fingerprint density at radius 2 is 1.79 bits per heavy atom. The number of amidine groups is 1. The number of hydrogen-bond donors (Lipinski definition) is 3. The number of carbonyl (C=O) groups is 2. The lowest BCUT2D eigenvalue weighted by Crippen LogP contribution is -2.62. The van der Waals surface area contributed by atoms with Crippen molar-refractivity contribution in [3.63, 3.8) is 0 Å². The summed E-state index contributed by atoms with van der Waals surface area (Å²) in [5, 5.41) is 30.2. The molecule has 2 atom stereocenters.